The molecule has 0 bridgehead atoms. The van der Waals surface area contributed by atoms with E-state index in [1.54, 1.807) is 13.0 Å². The van der Waals surface area contributed by atoms with Gasteiger partial charge >= 0.3 is 0 Å². The highest BCUT2D eigenvalue weighted by atomic mass is 19.1. The number of piperidine rings is 1. The van der Waals surface area contributed by atoms with Gasteiger partial charge in [0.1, 0.15) is 5.82 Å². The average molecular weight is 576 g/mol. The lowest BCUT2D eigenvalue weighted by atomic mass is 9.89. The van der Waals surface area contributed by atoms with Crippen molar-refractivity contribution in [2.45, 2.75) is 38.5 Å². The number of rotatable bonds is 7. The molecule has 9 heteroatoms. The highest BCUT2D eigenvalue weighted by Gasteiger charge is 2.25. The summed E-state index contributed by atoms with van der Waals surface area (Å²) >= 11 is 0. The van der Waals surface area contributed by atoms with E-state index in [1.165, 1.54) is 11.6 Å². The molecule has 2 aliphatic rings. The predicted molar refractivity (Wildman–Crippen MR) is 161 cm³/mol. The molecule has 2 N–H and O–H groups in total. The van der Waals surface area contributed by atoms with E-state index >= 15 is 0 Å². The number of carbonyl (C=O) groups is 3. The van der Waals surface area contributed by atoms with Crippen molar-refractivity contribution in [2.75, 3.05) is 49.6 Å². The summed E-state index contributed by atoms with van der Waals surface area (Å²) in [5.74, 6) is 0.151. The van der Waals surface area contributed by atoms with E-state index in [0.29, 0.717) is 24.3 Å². The van der Waals surface area contributed by atoms with Crippen molar-refractivity contribution >= 4 is 29.7 Å². The van der Waals surface area contributed by atoms with Gasteiger partial charge in [0, 0.05) is 49.5 Å². The first-order chi connectivity index (χ1) is 20.4. The molecule has 0 unspecified atom stereocenters. The molecule has 0 spiro atoms. The van der Waals surface area contributed by atoms with Crippen LogP contribution in [0, 0.1) is 12.7 Å². The molecule has 2 saturated heterocycles. The second-order valence-corrected chi connectivity index (χ2v) is 10.6. The van der Waals surface area contributed by atoms with Crippen LogP contribution in [0.2, 0.25) is 0 Å². The second kappa shape index (κ2) is 15.1. The molecule has 3 aromatic rings. The summed E-state index contributed by atoms with van der Waals surface area (Å²) in [5.41, 5.74) is 5.28. The van der Waals surface area contributed by atoms with Gasteiger partial charge in [-0.2, -0.15) is 0 Å². The van der Waals surface area contributed by atoms with Gasteiger partial charge in [-0.05, 0) is 91.3 Å². The molecule has 5 rings (SSSR count). The molecular weight excluding hydrogens is 537 g/mol. The molecule has 2 aliphatic heterocycles. The van der Waals surface area contributed by atoms with Gasteiger partial charge in [-0.15, -0.1) is 0 Å². The van der Waals surface area contributed by atoms with Gasteiger partial charge in [0.25, 0.3) is 12.4 Å². The van der Waals surface area contributed by atoms with Crippen molar-refractivity contribution in [3.8, 4) is 0 Å². The molecule has 0 aromatic heterocycles. The summed E-state index contributed by atoms with van der Waals surface area (Å²) in [6.45, 7) is 6.18. The highest BCUT2D eigenvalue weighted by Crippen LogP contribution is 2.30. The summed E-state index contributed by atoms with van der Waals surface area (Å²) in [7, 11) is 0. The fourth-order valence-corrected chi connectivity index (χ4v) is 5.35. The van der Waals surface area contributed by atoms with Gasteiger partial charge in [-0.1, -0.05) is 24.3 Å². The van der Waals surface area contributed by atoms with Crippen molar-refractivity contribution < 1.29 is 28.6 Å². The van der Waals surface area contributed by atoms with Gasteiger partial charge in [-0.25, -0.2) is 4.39 Å². The lowest BCUT2D eigenvalue weighted by Crippen LogP contribution is -2.38. The first-order valence-corrected chi connectivity index (χ1v) is 14.3. The Morgan fingerprint density at radius 3 is 2.24 bits per heavy atom. The first kappa shape index (κ1) is 30.7. The molecule has 0 saturated carbocycles. The van der Waals surface area contributed by atoms with E-state index in [-0.39, 0.29) is 24.1 Å². The Labute approximate surface area is 246 Å². The molecule has 8 nitrogen and oxygen atoms in total. The number of amides is 2. The zero-order valence-electron chi connectivity index (χ0n) is 23.9. The van der Waals surface area contributed by atoms with Crippen LogP contribution in [0.4, 0.5) is 15.8 Å². The molecule has 2 fully saturated rings. The Morgan fingerprint density at radius 2 is 1.62 bits per heavy atom. The third-order valence-corrected chi connectivity index (χ3v) is 7.82. The molecule has 0 radical (unpaired) electrons. The summed E-state index contributed by atoms with van der Waals surface area (Å²) in [6, 6.07) is 21.1. The number of carboxylic acid groups (broad SMARTS) is 1. The predicted octanol–water partition coefficient (Wildman–Crippen LogP) is 5.26. The van der Waals surface area contributed by atoms with Crippen LogP contribution in [0.25, 0.3) is 0 Å². The Balaban J connectivity index is 0.00000129. The number of morpholine rings is 1. The van der Waals surface area contributed by atoms with Crippen LogP contribution in [0.1, 0.15) is 52.2 Å². The van der Waals surface area contributed by atoms with Crippen molar-refractivity contribution in [3.63, 3.8) is 0 Å². The number of benzene rings is 3. The van der Waals surface area contributed by atoms with Crippen LogP contribution in [0.5, 0.6) is 0 Å². The van der Waals surface area contributed by atoms with Gasteiger partial charge in [0.15, 0.2) is 0 Å². The number of halogens is 1. The number of nitrogens with zero attached hydrogens (tertiary/aromatic N) is 2. The SMILES string of the molecule is Cc1ccc(CCC(=O)Nc2ccc(C3CCN(C(=O)c4ccc(N5CCOCC5)cc4)CC3)cc2)cc1F.O=CO. The maximum absolute atomic E-state index is 13.7. The number of nitrogens with one attached hydrogen (secondary N) is 1. The Kier molecular flexibility index (Phi) is 11.1. The van der Waals surface area contributed by atoms with Crippen LogP contribution in [-0.4, -0.2) is 67.7 Å². The number of ether oxygens (including phenoxy) is 1. The van der Waals surface area contributed by atoms with Gasteiger partial charge in [0.2, 0.25) is 5.91 Å². The monoisotopic (exact) mass is 575 g/mol. The normalized spacial score (nSPS) is 15.4. The maximum Gasteiger partial charge on any atom is 0.290 e. The lowest BCUT2D eigenvalue weighted by Gasteiger charge is -2.32. The number of carbonyl (C=O) groups excluding carboxylic acids is 2. The van der Waals surface area contributed by atoms with E-state index in [2.05, 4.69) is 22.3 Å². The molecule has 42 heavy (non-hydrogen) atoms. The van der Waals surface area contributed by atoms with Crippen molar-refractivity contribution in [3.05, 3.63) is 94.8 Å². The zero-order chi connectivity index (χ0) is 29.9. The Morgan fingerprint density at radius 1 is 0.976 bits per heavy atom. The smallest absolute Gasteiger partial charge is 0.290 e. The molecule has 0 aliphatic carbocycles. The molecule has 3 aromatic carbocycles. The number of likely N-dealkylation sites (tertiary alicyclic amines) is 1. The summed E-state index contributed by atoms with van der Waals surface area (Å²) in [5, 5.41) is 9.83. The second-order valence-electron chi connectivity index (χ2n) is 10.6. The minimum absolute atomic E-state index is 0.0893. The third-order valence-electron chi connectivity index (χ3n) is 7.82. The fourth-order valence-electron chi connectivity index (χ4n) is 5.35. The van der Waals surface area contributed by atoms with E-state index in [0.717, 1.165) is 74.7 Å². The minimum Gasteiger partial charge on any atom is -0.483 e. The lowest BCUT2D eigenvalue weighted by molar-refractivity contribution is -0.123. The minimum atomic E-state index is -0.250. The molecule has 222 valence electrons. The Hall–Kier alpha value is -4.24. The molecule has 2 heterocycles. The molecular formula is C33H38FN3O5. The fraction of sp³-hybridized carbons (Fsp3) is 0.364. The molecule has 0 atom stereocenters. The van der Waals surface area contributed by atoms with Crippen LogP contribution in [-0.2, 0) is 20.7 Å². The van der Waals surface area contributed by atoms with E-state index in [9.17, 15) is 14.0 Å². The van der Waals surface area contributed by atoms with Gasteiger partial charge < -0.3 is 25.0 Å². The van der Waals surface area contributed by atoms with Crippen LogP contribution in [0.15, 0.2) is 66.7 Å². The van der Waals surface area contributed by atoms with Crippen molar-refractivity contribution in [1.29, 1.82) is 0 Å². The summed E-state index contributed by atoms with van der Waals surface area (Å²) in [4.78, 5) is 38.1. The number of hydrogen-bond donors (Lipinski definition) is 2. The third kappa shape index (κ3) is 8.39. The number of anilines is 2. The maximum atomic E-state index is 13.7. The number of hydrogen-bond acceptors (Lipinski definition) is 5. The average Bonchev–Trinajstić information content (AvgIpc) is 3.03. The quantitative estimate of drug-likeness (QED) is 0.373. The van der Waals surface area contributed by atoms with E-state index in [4.69, 9.17) is 14.6 Å². The standard InChI is InChI=1S/C32H36FN3O3.CH2O2/c1-23-2-3-24(22-30(23)33)4-13-31(37)34-28-9-5-25(6-10-28)26-14-16-36(17-15-26)32(38)27-7-11-29(12-8-27)35-18-20-39-21-19-35;2-1-3/h2-3,5-12,22,26H,4,13-21H2,1H3,(H,34,37);1H,(H,2,3). The summed E-state index contributed by atoms with van der Waals surface area (Å²) < 4.78 is 19.2. The molecule has 2 amide bonds. The van der Waals surface area contributed by atoms with E-state index in [1.807, 2.05) is 47.4 Å². The zero-order valence-corrected chi connectivity index (χ0v) is 23.9. The van der Waals surface area contributed by atoms with Crippen molar-refractivity contribution in [1.82, 2.24) is 4.90 Å². The number of aryl methyl sites for hydroxylation is 2. The summed E-state index contributed by atoms with van der Waals surface area (Å²) in [6.07, 6.45) is 2.62. The van der Waals surface area contributed by atoms with Crippen LogP contribution < -0.4 is 10.2 Å². The highest BCUT2D eigenvalue weighted by molar-refractivity contribution is 5.94. The van der Waals surface area contributed by atoms with E-state index < -0.39 is 0 Å². The van der Waals surface area contributed by atoms with Crippen LogP contribution in [0.3, 0.4) is 0 Å². The topological polar surface area (TPSA) is 99.2 Å². The first-order valence-electron chi connectivity index (χ1n) is 14.3. The van der Waals surface area contributed by atoms with Gasteiger partial charge in [0.05, 0.1) is 13.2 Å². The Bertz CT molecular complexity index is 1330. The van der Waals surface area contributed by atoms with Crippen molar-refractivity contribution in [2.24, 2.45) is 0 Å². The van der Waals surface area contributed by atoms with Crippen LogP contribution >= 0.6 is 0 Å². The van der Waals surface area contributed by atoms with Gasteiger partial charge in [-0.3, -0.25) is 14.4 Å². The largest absolute Gasteiger partial charge is 0.483 e.